The largest absolute Gasteiger partial charge is 0.480 e. The summed E-state index contributed by atoms with van der Waals surface area (Å²) in [6, 6.07) is -2.25. The van der Waals surface area contributed by atoms with Gasteiger partial charge in [0.1, 0.15) is 12.1 Å². The van der Waals surface area contributed by atoms with Gasteiger partial charge in [-0.3, -0.25) is 9.59 Å². The third-order valence-corrected chi connectivity index (χ3v) is 1.03. The number of hydrogen-bond acceptors (Lipinski definition) is 6. The van der Waals surface area contributed by atoms with Crippen LogP contribution in [-0.2, 0) is 26.7 Å². The van der Waals surface area contributed by atoms with E-state index in [1.54, 1.807) is 0 Å². The van der Waals surface area contributed by atoms with E-state index in [9.17, 15) is 9.59 Å². The molecular weight excluding hydrogens is 251 g/mol. The molecule has 1 radical (unpaired) electrons. The normalized spacial score (nSPS) is 12.5. The van der Waals surface area contributed by atoms with Gasteiger partial charge in [-0.2, -0.15) is 0 Å². The van der Waals surface area contributed by atoms with E-state index in [-0.39, 0.29) is 17.1 Å². The maximum absolute atomic E-state index is 9.65. The second-order valence-corrected chi connectivity index (χ2v) is 2.25. The molecule has 2 atom stereocenters. The van der Waals surface area contributed by atoms with Crippen LogP contribution in [0.1, 0.15) is 0 Å². The fraction of sp³-hybridized carbons (Fsp3) is 0.667. The first kappa shape index (κ1) is 19.8. The smallest absolute Gasteiger partial charge is 0.322 e. The Balaban J connectivity index is -0.000000180. The van der Waals surface area contributed by atoms with Crippen LogP contribution in [0.3, 0.4) is 0 Å². The Labute approximate surface area is 96.3 Å². The molecule has 0 bridgehead atoms. The van der Waals surface area contributed by atoms with Crippen molar-refractivity contribution in [2.45, 2.75) is 12.1 Å². The molecule has 0 aromatic rings. The summed E-state index contributed by atoms with van der Waals surface area (Å²) in [6.45, 7) is -1.01. The molecule has 8 nitrogen and oxygen atoms in total. The van der Waals surface area contributed by atoms with E-state index < -0.39 is 37.2 Å². The minimum Gasteiger partial charge on any atom is -0.480 e. The Bertz CT molecular complexity index is 170. The van der Waals surface area contributed by atoms with E-state index in [2.05, 4.69) is 0 Å². The molecule has 0 saturated heterocycles. The van der Waals surface area contributed by atoms with E-state index in [1.165, 1.54) is 0 Å². The van der Waals surface area contributed by atoms with Crippen molar-refractivity contribution in [3.63, 3.8) is 0 Å². The van der Waals surface area contributed by atoms with Crippen molar-refractivity contribution in [3.8, 4) is 0 Å². The van der Waals surface area contributed by atoms with Gasteiger partial charge in [0.25, 0.3) is 0 Å². The van der Waals surface area contributed by atoms with Gasteiger partial charge >= 0.3 is 11.9 Å². The van der Waals surface area contributed by atoms with Gasteiger partial charge < -0.3 is 31.9 Å². The maximum Gasteiger partial charge on any atom is 0.322 e. The molecule has 91 valence electrons. The summed E-state index contributed by atoms with van der Waals surface area (Å²) in [5, 5.41) is 31.8. The Kier molecular flexibility index (Phi) is 15.0. The monoisotopic (exact) mass is 265 g/mol. The van der Waals surface area contributed by atoms with E-state index in [0.717, 1.165) is 0 Å². The van der Waals surface area contributed by atoms with E-state index in [4.69, 9.17) is 31.9 Å². The predicted molar refractivity (Wildman–Crippen MR) is 45.4 cm³/mol. The molecule has 0 saturated carbocycles. The fourth-order valence-corrected chi connectivity index (χ4v) is 0.156. The van der Waals surface area contributed by atoms with Gasteiger partial charge in [0.15, 0.2) is 0 Å². The number of nitrogens with two attached hydrogens (primary N) is 2. The first-order valence-electron chi connectivity index (χ1n) is 3.55. The summed E-state index contributed by atoms with van der Waals surface area (Å²) in [4.78, 5) is 19.3. The molecule has 0 aliphatic carbocycles. The van der Waals surface area contributed by atoms with Crippen LogP contribution in [-0.4, -0.2) is 57.7 Å². The Morgan fingerprint density at radius 2 is 1.13 bits per heavy atom. The van der Waals surface area contributed by atoms with Gasteiger partial charge in [-0.05, 0) is 0 Å². The van der Waals surface area contributed by atoms with Crippen molar-refractivity contribution < 1.29 is 47.1 Å². The van der Waals surface area contributed by atoms with Crippen molar-refractivity contribution in [2.24, 2.45) is 11.5 Å². The summed E-state index contributed by atoms with van der Waals surface area (Å²) in [5.41, 5.74) is 9.53. The molecule has 0 aliphatic rings. The zero-order valence-electron chi connectivity index (χ0n) is 7.71. The molecule has 0 unspecified atom stereocenters. The number of carboxylic acids is 2. The second-order valence-electron chi connectivity index (χ2n) is 2.25. The summed E-state index contributed by atoms with van der Waals surface area (Å²) >= 11 is 0. The second kappa shape index (κ2) is 11.4. The van der Waals surface area contributed by atoms with E-state index in [0.29, 0.717) is 0 Å². The molecule has 15 heavy (non-hydrogen) atoms. The fourth-order valence-electron chi connectivity index (χ4n) is 0.156. The molecule has 0 aliphatic heterocycles. The van der Waals surface area contributed by atoms with Gasteiger partial charge in [0.2, 0.25) is 0 Å². The predicted octanol–water partition coefficient (Wildman–Crippen LogP) is -3.22. The third kappa shape index (κ3) is 13.3. The molecule has 0 amide bonds. The summed E-state index contributed by atoms with van der Waals surface area (Å²) in [6.07, 6.45) is 0. The van der Waals surface area contributed by atoms with Crippen molar-refractivity contribution in [2.75, 3.05) is 13.2 Å². The maximum atomic E-state index is 9.65. The summed E-state index contributed by atoms with van der Waals surface area (Å²) in [5.74, 6) is -2.36. The average Bonchev–Trinajstić information content (AvgIpc) is 2.15. The van der Waals surface area contributed by atoms with E-state index >= 15 is 0 Å². The first-order valence-corrected chi connectivity index (χ1v) is 3.55. The van der Waals surface area contributed by atoms with Gasteiger partial charge in [0.05, 0.1) is 13.2 Å². The molecule has 0 aromatic carbocycles. The van der Waals surface area contributed by atoms with Crippen LogP contribution in [0.2, 0.25) is 0 Å². The molecule has 8 N–H and O–H groups in total. The van der Waals surface area contributed by atoms with Gasteiger partial charge in [0, 0.05) is 17.1 Å². The van der Waals surface area contributed by atoms with Crippen LogP contribution in [0.5, 0.6) is 0 Å². The molecule has 0 fully saturated rings. The van der Waals surface area contributed by atoms with Crippen LogP contribution in [0.4, 0.5) is 0 Å². The Morgan fingerprint density at radius 1 is 0.933 bits per heavy atom. The molecule has 0 heterocycles. The Morgan fingerprint density at radius 3 is 1.13 bits per heavy atom. The quantitative estimate of drug-likeness (QED) is 0.288. The van der Waals surface area contributed by atoms with Crippen LogP contribution in [0, 0.1) is 0 Å². The number of aliphatic hydroxyl groups is 2. The topological polar surface area (TPSA) is 167 Å². The minimum absolute atomic E-state index is 0. The molecular formula is C6H14MnN2O6. The number of aliphatic hydroxyl groups excluding tert-OH is 2. The van der Waals surface area contributed by atoms with Crippen LogP contribution in [0.25, 0.3) is 0 Å². The molecule has 9 heteroatoms. The molecule has 0 rings (SSSR count). The average molecular weight is 265 g/mol. The number of carboxylic acid groups (broad SMARTS) is 2. The van der Waals surface area contributed by atoms with Crippen molar-refractivity contribution in [1.29, 1.82) is 0 Å². The zero-order chi connectivity index (χ0) is 11.7. The number of rotatable bonds is 4. The zero-order valence-corrected chi connectivity index (χ0v) is 8.89. The number of carbonyl (C=O) groups is 2. The van der Waals surface area contributed by atoms with Crippen LogP contribution < -0.4 is 11.5 Å². The first-order chi connectivity index (χ1) is 6.36. The van der Waals surface area contributed by atoms with Gasteiger partial charge in [-0.25, -0.2) is 0 Å². The van der Waals surface area contributed by atoms with Crippen molar-refractivity contribution in [3.05, 3.63) is 0 Å². The Hall–Kier alpha value is -0.701. The molecule has 0 aromatic heterocycles. The van der Waals surface area contributed by atoms with Crippen LogP contribution in [0.15, 0.2) is 0 Å². The number of aliphatic carboxylic acids is 2. The number of hydrogen-bond donors (Lipinski definition) is 6. The van der Waals surface area contributed by atoms with Crippen LogP contribution >= 0.6 is 0 Å². The minimum atomic E-state index is -1.18. The van der Waals surface area contributed by atoms with E-state index in [1.807, 2.05) is 0 Å². The summed E-state index contributed by atoms with van der Waals surface area (Å²) < 4.78 is 0. The van der Waals surface area contributed by atoms with Gasteiger partial charge in [-0.15, -0.1) is 0 Å². The SMILES string of the molecule is N[C@@H](CO)C(=O)O.N[C@@H](CO)C(=O)O.[Mn]. The third-order valence-electron chi connectivity index (χ3n) is 1.03. The van der Waals surface area contributed by atoms with Crippen molar-refractivity contribution >= 4 is 11.9 Å². The molecule has 0 spiro atoms. The van der Waals surface area contributed by atoms with Crippen molar-refractivity contribution in [1.82, 2.24) is 0 Å². The standard InChI is InChI=1S/2C3H7NO3.Mn/c2*4-2(1-5)3(6)7;/h2*2,5H,1,4H2,(H,6,7);/t2*2-;/m00./s1. The van der Waals surface area contributed by atoms with Gasteiger partial charge in [-0.1, -0.05) is 0 Å². The summed E-state index contributed by atoms with van der Waals surface area (Å²) in [7, 11) is 0.